The number of nitrogens with one attached hydrogen (secondary N) is 1. The summed E-state index contributed by atoms with van der Waals surface area (Å²) in [7, 11) is 0. The molecule has 1 unspecified atom stereocenters. The highest BCUT2D eigenvalue weighted by atomic mass is 19.1. The normalized spacial score (nSPS) is 20.5. The van der Waals surface area contributed by atoms with Crippen LogP contribution in [0.3, 0.4) is 0 Å². The van der Waals surface area contributed by atoms with Crippen molar-refractivity contribution in [3.05, 3.63) is 35.6 Å². The zero-order chi connectivity index (χ0) is 14.4. The van der Waals surface area contributed by atoms with Gasteiger partial charge in [-0.05, 0) is 38.4 Å². The van der Waals surface area contributed by atoms with Crippen LogP contribution in [0.1, 0.15) is 19.4 Å². The van der Waals surface area contributed by atoms with Gasteiger partial charge in [0.25, 0.3) is 0 Å². The molecule has 3 nitrogen and oxygen atoms in total. The maximum absolute atomic E-state index is 13.5. The summed E-state index contributed by atoms with van der Waals surface area (Å²) < 4.78 is 19.2. The van der Waals surface area contributed by atoms with E-state index in [4.69, 9.17) is 4.74 Å². The Morgan fingerprint density at radius 2 is 2.20 bits per heavy atom. The lowest BCUT2D eigenvalue weighted by molar-refractivity contribution is -0.0370. The SMILES string of the molecule is CC(C)N1CCOC(CNCCc2ccccc2F)C1. The second-order valence-corrected chi connectivity index (χ2v) is 5.63. The van der Waals surface area contributed by atoms with E-state index in [-0.39, 0.29) is 11.9 Å². The van der Waals surface area contributed by atoms with E-state index in [1.165, 1.54) is 6.07 Å². The molecule has 4 heteroatoms. The number of morpholine rings is 1. The summed E-state index contributed by atoms with van der Waals surface area (Å²) in [6, 6.07) is 7.53. The summed E-state index contributed by atoms with van der Waals surface area (Å²) in [5.74, 6) is -0.116. The van der Waals surface area contributed by atoms with Gasteiger partial charge in [0.2, 0.25) is 0 Å². The third-order valence-electron chi connectivity index (χ3n) is 3.80. The van der Waals surface area contributed by atoms with Gasteiger partial charge in [0.05, 0.1) is 12.7 Å². The first kappa shape index (κ1) is 15.4. The number of nitrogens with zero attached hydrogens (tertiary/aromatic N) is 1. The average molecular weight is 280 g/mol. The smallest absolute Gasteiger partial charge is 0.126 e. The standard InChI is InChI=1S/C16H25FN2O/c1-13(2)19-9-10-20-15(12-19)11-18-8-7-14-5-3-4-6-16(14)17/h3-6,13,15,18H,7-12H2,1-2H3. The number of halogens is 1. The third-order valence-corrected chi connectivity index (χ3v) is 3.80. The molecule has 1 N–H and O–H groups in total. The van der Waals surface area contributed by atoms with Gasteiger partial charge in [0, 0.05) is 25.7 Å². The average Bonchev–Trinajstić information content (AvgIpc) is 2.45. The topological polar surface area (TPSA) is 24.5 Å². The number of benzene rings is 1. The highest BCUT2D eigenvalue weighted by molar-refractivity contribution is 5.17. The predicted octanol–water partition coefficient (Wildman–Crippen LogP) is 2.07. The summed E-state index contributed by atoms with van der Waals surface area (Å²) in [5, 5.41) is 3.37. The van der Waals surface area contributed by atoms with Gasteiger partial charge in [-0.3, -0.25) is 4.90 Å². The van der Waals surface area contributed by atoms with Crippen molar-refractivity contribution >= 4 is 0 Å². The lowest BCUT2D eigenvalue weighted by atomic mass is 10.1. The molecule has 1 fully saturated rings. The van der Waals surface area contributed by atoms with E-state index in [2.05, 4.69) is 24.1 Å². The van der Waals surface area contributed by atoms with Crippen LogP contribution in [0, 0.1) is 5.82 Å². The molecule has 0 amide bonds. The fourth-order valence-electron chi connectivity index (χ4n) is 2.52. The van der Waals surface area contributed by atoms with Gasteiger partial charge in [-0.1, -0.05) is 18.2 Å². The van der Waals surface area contributed by atoms with Crippen molar-refractivity contribution in [1.29, 1.82) is 0 Å². The molecule has 1 aromatic rings. The van der Waals surface area contributed by atoms with Gasteiger partial charge in [-0.25, -0.2) is 4.39 Å². The van der Waals surface area contributed by atoms with E-state index in [9.17, 15) is 4.39 Å². The van der Waals surface area contributed by atoms with Crippen LogP contribution in [-0.2, 0) is 11.2 Å². The summed E-state index contributed by atoms with van der Waals surface area (Å²) in [6.07, 6.45) is 0.958. The zero-order valence-corrected chi connectivity index (χ0v) is 12.4. The minimum atomic E-state index is -0.116. The van der Waals surface area contributed by atoms with Crippen LogP contribution in [0.25, 0.3) is 0 Å². The van der Waals surface area contributed by atoms with Gasteiger partial charge in [-0.2, -0.15) is 0 Å². The highest BCUT2D eigenvalue weighted by Gasteiger charge is 2.21. The first-order valence-electron chi connectivity index (χ1n) is 7.46. The summed E-state index contributed by atoms with van der Waals surface area (Å²) in [4.78, 5) is 2.44. The number of hydrogen-bond donors (Lipinski definition) is 1. The van der Waals surface area contributed by atoms with Crippen LogP contribution < -0.4 is 5.32 Å². The summed E-state index contributed by atoms with van der Waals surface area (Å²) >= 11 is 0. The fourth-order valence-corrected chi connectivity index (χ4v) is 2.52. The molecular formula is C16H25FN2O. The number of ether oxygens (including phenoxy) is 1. The van der Waals surface area contributed by atoms with Gasteiger partial charge in [0.1, 0.15) is 5.82 Å². The quantitative estimate of drug-likeness (QED) is 0.807. The Hall–Kier alpha value is -0.970. The van der Waals surface area contributed by atoms with E-state index in [0.717, 1.165) is 38.3 Å². The van der Waals surface area contributed by atoms with E-state index in [1.807, 2.05) is 12.1 Å². The Labute approximate surface area is 121 Å². The Balaban J connectivity index is 1.67. The van der Waals surface area contributed by atoms with Crippen molar-refractivity contribution in [1.82, 2.24) is 10.2 Å². The number of hydrogen-bond acceptors (Lipinski definition) is 3. The van der Waals surface area contributed by atoms with Crippen LogP contribution in [0.4, 0.5) is 4.39 Å². The molecule has 1 atom stereocenters. The second-order valence-electron chi connectivity index (χ2n) is 5.63. The lowest BCUT2D eigenvalue weighted by Gasteiger charge is -2.35. The minimum Gasteiger partial charge on any atom is -0.374 e. The molecule has 112 valence electrons. The second kappa shape index (κ2) is 7.72. The predicted molar refractivity (Wildman–Crippen MR) is 79.4 cm³/mol. The lowest BCUT2D eigenvalue weighted by Crippen LogP contribution is -2.49. The molecule has 0 spiro atoms. The van der Waals surface area contributed by atoms with E-state index < -0.39 is 0 Å². The molecule has 1 heterocycles. The minimum absolute atomic E-state index is 0.116. The van der Waals surface area contributed by atoms with Crippen LogP contribution in [0.2, 0.25) is 0 Å². The molecule has 1 aliphatic rings. The molecule has 2 rings (SSSR count). The van der Waals surface area contributed by atoms with E-state index in [1.54, 1.807) is 6.07 Å². The van der Waals surface area contributed by atoms with Crippen LogP contribution in [-0.4, -0.2) is 49.8 Å². The first-order valence-corrected chi connectivity index (χ1v) is 7.46. The van der Waals surface area contributed by atoms with E-state index >= 15 is 0 Å². The largest absolute Gasteiger partial charge is 0.374 e. The van der Waals surface area contributed by atoms with Gasteiger partial charge < -0.3 is 10.1 Å². The molecule has 0 saturated carbocycles. The van der Waals surface area contributed by atoms with Crippen LogP contribution in [0.15, 0.2) is 24.3 Å². The van der Waals surface area contributed by atoms with Crippen molar-refractivity contribution in [2.45, 2.75) is 32.4 Å². The Kier molecular flexibility index (Phi) is 5.95. The zero-order valence-electron chi connectivity index (χ0n) is 12.4. The third kappa shape index (κ3) is 4.54. The first-order chi connectivity index (χ1) is 9.66. The Morgan fingerprint density at radius 1 is 1.40 bits per heavy atom. The molecule has 20 heavy (non-hydrogen) atoms. The molecule has 0 radical (unpaired) electrons. The monoisotopic (exact) mass is 280 g/mol. The number of rotatable bonds is 6. The molecular weight excluding hydrogens is 255 g/mol. The Morgan fingerprint density at radius 3 is 2.95 bits per heavy atom. The van der Waals surface area contributed by atoms with Crippen LogP contribution in [0.5, 0.6) is 0 Å². The van der Waals surface area contributed by atoms with Gasteiger partial charge in [-0.15, -0.1) is 0 Å². The fraction of sp³-hybridized carbons (Fsp3) is 0.625. The Bertz CT molecular complexity index is 411. The maximum atomic E-state index is 13.5. The van der Waals surface area contributed by atoms with Crippen molar-refractivity contribution in [3.8, 4) is 0 Å². The van der Waals surface area contributed by atoms with Crippen LogP contribution >= 0.6 is 0 Å². The van der Waals surface area contributed by atoms with Gasteiger partial charge >= 0.3 is 0 Å². The van der Waals surface area contributed by atoms with Crippen molar-refractivity contribution in [2.24, 2.45) is 0 Å². The molecule has 1 aromatic carbocycles. The van der Waals surface area contributed by atoms with Crippen molar-refractivity contribution in [2.75, 3.05) is 32.8 Å². The molecule has 0 bridgehead atoms. The maximum Gasteiger partial charge on any atom is 0.126 e. The molecule has 0 aromatic heterocycles. The highest BCUT2D eigenvalue weighted by Crippen LogP contribution is 2.09. The van der Waals surface area contributed by atoms with E-state index in [0.29, 0.717) is 12.5 Å². The molecule has 0 aliphatic carbocycles. The molecule has 1 aliphatic heterocycles. The van der Waals surface area contributed by atoms with Crippen molar-refractivity contribution in [3.63, 3.8) is 0 Å². The summed E-state index contributed by atoms with van der Waals surface area (Å²) in [5.41, 5.74) is 0.772. The van der Waals surface area contributed by atoms with Gasteiger partial charge in [0.15, 0.2) is 0 Å². The summed E-state index contributed by atoms with van der Waals surface area (Å²) in [6.45, 7) is 8.84. The van der Waals surface area contributed by atoms with Crippen molar-refractivity contribution < 1.29 is 9.13 Å². The molecule has 1 saturated heterocycles.